The molecule has 0 rings (SSSR count). The summed E-state index contributed by atoms with van der Waals surface area (Å²) in [5, 5.41) is 10.7. The smallest absolute Gasteiger partial charge is 0.242 e. The Morgan fingerprint density at radius 3 is 2.21 bits per heavy atom. The lowest BCUT2D eigenvalue weighted by Crippen LogP contribution is -2.38. The summed E-state index contributed by atoms with van der Waals surface area (Å²) in [7, 11) is 3.04. The van der Waals surface area contributed by atoms with E-state index in [4.69, 9.17) is 14.9 Å². The van der Waals surface area contributed by atoms with Gasteiger partial charge in [-0.25, -0.2) is 0 Å². The molecule has 0 unspecified atom stereocenters. The molecule has 0 aromatic rings. The molecule has 1 amide bonds. The number of nitrogens with one attached hydrogen (secondary N) is 2. The van der Waals surface area contributed by atoms with E-state index in [-0.39, 0.29) is 11.8 Å². The normalized spacial score (nSPS) is 13.1. The molecule has 0 heterocycles. The molecule has 0 bridgehead atoms. The summed E-state index contributed by atoms with van der Waals surface area (Å²) in [5.74, 6) is 0.00431. The minimum Gasteiger partial charge on any atom is -0.482 e. The van der Waals surface area contributed by atoms with Crippen molar-refractivity contribution in [3.8, 4) is 0 Å². The highest BCUT2D eigenvalue weighted by molar-refractivity contribution is 9.10. The summed E-state index contributed by atoms with van der Waals surface area (Å²) in [6, 6.07) is 0. The van der Waals surface area contributed by atoms with Crippen LogP contribution >= 0.6 is 15.9 Å². The Bertz CT molecular complexity index is 371. The van der Waals surface area contributed by atoms with Crippen molar-refractivity contribution in [1.29, 1.82) is 5.41 Å². The highest BCUT2D eigenvalue weighted by Gasteiger charge is 2.26. The van der Waals surface area contributed by atoms with E-state index in [1.54, 1.807) is 21.0 Å². The van der Waals surface area contributed by atoms with Gasteiger partial charge < -0.3 is 14.9 Å². The second kappa shape index (κ2) is 7.05. The van der Waals surface area contributed by atoms with E-state index in [1.807, 2.05) is 13.8 Å². The van der Waals surface area contributed by atoms with Gasteiger partial charge in [0.2, 0.25) is 5.91 Å². The largest absolute Gasteiger partial charge is 0.482 e. The zero-order valence-electron chi connectivity index (χ0n) is 12.4. The minimum absolute atomic E-state index is 0.238. The standard InChI is InChI=1S/C13H23BrN2O3/c1-12(2,8-18-5)9(15)7-10(19-6)16-11(17)13(3,4)14/h7,15H,8H2,1-6H3,(H,16,17)/b10-7-,15-9?. The molecule has 0 aliphatic heterocycles. The summed E-state index contributed by atoms with van der Waals surface area (Å²) < 4.78 is 9.46. The van der Waals surface area contributed by atoms with E-state index >= 15 is 0 Å². The van der Waals surface area contributed by atoms with Crippen LogP contribution in [0.2, 0.25) is 0 Å². The summed E-state index contributed by atoms with van der Waals surface area (Å²) in [6.45, 7) is 7.65. The molecule has 0 aromatic carbocycles. The number of amides is 1. The molecule has 110 valence electrons. The number of hydrogen-bond donors (Lipinski definition) is 2. The molecule has 0 aromatic heterocycles. The predicted octanol–water partition coefficient (Wildman–Crippen LogP) is 2.46. The SMILES string of the molecule is COCC(C)(C)C(=N)/C=C(/NC(=O)C(C)(C)Br)OC. The Hall–Kier alpha value is -0.880. The van der Waals surface area contributed by atoms with Gasteiger partial charge in [0.25, 0.3) is 0 Å². The quantitative estimate of drug-likeness (QED) is 0.426. The maximum Gasteiger partial charge on any atom is 0.242 e. The Kier molecular flexibility index (Phi) is 6.72. The van der Waals surface area contributed by atoms with Gasteiger partial charge in [-0.1, -0.05) is 29.8 Å². The Morgan fingerprint density at radius 2 is 1.84 bits per heavy atom. The van der Waals surface area contributed by atoms with Gasteiger partial charge in [0.1, 0.15) is 0 Å². The fourth-order valence-electron chi connectivity index (χ4n) is 1.17. The summed E-state index contributed by atoms with van der Waals surface area (Å²) in [4.78, 5) is 11.8. The molecular weight excluding hydrogens is 312 g/mol. The number of hydrogen-bond acceptors (Lipinski definition) is 4. The third-order valence-corrected chi connectivity index (χ3v) is 2.87. The fraction of sp³-hybridized carbons (Fsp3) is 0.692. The molecule has 6 heteroatoms. The van der Waals surface area contributed by atoms with Crippen molar-refractivity contribution in [2.45, 2.75) is 32.0 Å². The first-order valence-electron chi connectivity index (χ1n) is 5.88. The Balaban J connectivity index is 4.92. The molecule has 0 fully saturated rings. The van der Waals surface area contributed by atoms with Crippen LogP contribution in [0.15, 0.2) is 12.0 Å². The zero-order chi connectivity index (χ0) is 15.3. The molecule has 19 heavy (non-hydrogen) atoms. The Labute approximate surface area is 123 Å². The van der Waals surface area contributed by atoms with Crippen LogP contribution in [0.25, 0.3) is 0 Å². The lowest BCUT2D eigenvalue weighted by molar-refractivity contribution is -0.122. The van der Waals surface area contributed by atoms with Crippen LogP contribution in [0.3, 0.4) is 0 Å². The van der Waals surface area contributed by atoms with Crippen LogP contribution in [0.5, 0.6) is 0 Å². The lowest BCUT2D eigenvalue weighted by atomic mass is 9.88. The van der Waals surface area contributed by atoms with Gasteiger partial charge in [-0.2, -0.15) is 0 Å². The van der Waals surface area contributed by atoms with Crippen LogP contribution in [-0.2, 0) is 14.3 Å². The monoisotopic (exact) mass is 334 g/mol. The second-order valence-corrected chi connectivity index (χ2v) is 7.35. The predicted molar refractivity (Wildman–Crippen MR) is 79.6 cm³/mol. The van der Waals surface area contributed by atoms with Gasteiger partial charge in [-0.3, -0.25) is 10.1 Å². The van der Waals surface area contributed by atoms with Gasteiger partial charge in [-0.15, -0.1) is 0 Å². The van der Waals surface area contributed by atoms with Gasteiger partial charge in [-0.05, 0) is 13.8 Å². The highest BCUT2D eigenvalue weighted by atomic mass is 79.9. The third kappa shape index (κ3) is 6.20. The molecule has 0 saturated heterocycles. The van der Waals surface area contributed by atoms with E-state index in [1.165, 1.54) is 13.2 Å². The fourth-order valence-corrected chi connectivity index (χ4v) is 1.27. The van der Waals surface area contributed by atoms with Crippen molar-refractivity contribution in [3.63, 3.8) is 0 Å². The first kappa shape index (κ1) is 18.1. The maximum absolute atomic E-state index is 11.8. The molecule has 5 nitrogen and oxygen atoms in total. The van der Waals surface area contributed by atoms with E-state index in [9.17, 15) is 4.79 Å². The van der Waals surface area contributed by atoms with Crippen LogP contribution < -0.4 is 5.32 Å². The van der Waals surface area contributed by atoms with Crippen LogP contribution in [0, 0.1) is 10.8 Å². The van der Waals surface area contributed by atoms with Crippen molar-refractivity contribution in [1.82, 2.24) is 5.32 Å². The maximum atomic E-state index is 11.8. The number of rotatable bonds is 7. The molecule has 0 saturated carbocycles. The molecule has 0 atom stereocenters. The average molecular weight is 335 g/mol. The van der Waals surface area contributed by atoms with Crippen molar-refractivity contribution < 1.29 is 14.3 Å². The zero-order valence-corrected chi connectivity index (χ0v) is 14.0. The number of halogens is 1. The van der Waals surface area contributed by atoms with Gasteiger partial charge in [0.15, 0.2) is 5.88 Å². The van der Waals surface area contributed by atoms with Gasteiger partial charge in [0.05, 0.1) is 18.0 Å². The molecule has 0 aliphatic rings. The molecule has 0 aliphatic carbocycles. The number of alkyl halides is 1. The van der Waals surface area contributed by atoms with Crippen molar-refractivity contribution >= 4 is 27.5 Å². The highest BCUT2D eigenvalue weighted by Crippen LogP contribution is 2.19. The van der Waals surface area contributed by atoms with E-state index in [2.05, 4.69) is 21.2 Å². The van der Waals surface area contributed by atoms with Gasteiger partial charge in [0, 0.05) is 24.3 Å². The minimum atomic E-state index is -0.700. The summed E-state index contributed by atoms with van der Waals surface area (Å²) in [5.41, 5.74) is -0.133. The van der Waals surface area contributed by atoms with Crippen molar-refractivity contribution in [3.05, 3.63) is 12.0 Å². The Morgan fingerprint density at radius 1 is 1.32 bits per heavy atom. The van der Waals surface area contributed by atoms with E-state index < -0.39 is 9.74 Å². The molecular formula is C13H23BrN2O3. The number of carbonyl (C=O) groups excluding carboxylic acids is 1. The number of methoxy groups -OCH3 is 2. The molecule has 0 spiro atoms. The van der Waals surface area contributed by atoms with Crippen LogP contribution in [-0.4, -0.2) is 36.8 Å². The van der Waals surface area contributed by atoms with Gasteiger partial charge >= 0.3 is 0 Å². The van der Waals surface area contributed by atoms with Crippen LogP contribution in [0.1, 0.15) is 27.7 Å². The topological polar surface area (TPSA) is 71.4 Å². The first-order chi connectivity index (χ1) is 8.54. The first-order valence-corrected chi connectivity index (χ1v) is 6.68. The molecule has 2 N–H and O–H groups in total. The van der Waals surface area contributed by atoms with Crippen molar-refractivity contribution in [2.24, 2.45) is 5.41 Å². The number of ether oxygens (including phenoxy) is 2. The average Bonchev–Trinajstić information content (AvgIpc) is 2.26. The van der Waals surface area contributed by atoms with Crippen molar-refractivity contribution in [2.75, 3.05) is 20.8 Å². The summed E-state index contributed by atoms with van der Waals surface area (Å²) in [6.07, 6.45) is 1.50. The summed E-state index contributed by atoms with van der Waals surface area (Å²) >= 11 is 3.26. The van der Waals surface area contributed by atoms with E-state index in [0.717, 1.165) is 0 Å². The third-order valence-electron chi connectivity index (χ3n) is 2.51. The van der Waals surface area contributed by atoms with E-state index in [0.29, 0.717) is 12.3 Å². The van der Waals surface area contributed by atoms with Crippen LogP contribution in [0.4, 0.5) is 0 Å². The second-order valence-electron chi connectivity index (χ2n) is 5.37. The number of carbonyl (C=O) groups is 1. The number of allylic oxidation sites excluding steroid dienone is 1. The molecule has 0 radical (unpaired) electrons. The lowest BCUT2D eigenvalue weighted by Gasteiger charge is -2.23.